The minimum absolute atomic E-state index is 0.0311. The molecule has 0 aliphatic rings. The summed E-state index contributed by atoms with van der Waals surface area (Å²) in [6.45, 7) is 1.38. The average Bonchev–Trinajstić information content (AvgIpc) is 3.36. The van der Waals surface area contributed by atoms with Crippen molar-refractivity contribution in [2.24, 2.45) is 0 Å². The van der Waals surface area contributed by atoms with E-state index in [1.54, 1.807) is 0 Å². The van der Waals surface area contributed by atoms with Crippen molar-refractivity contribution in [3.63, 3.8) is 0 Å². The van der Waals surface area contributed by atoms with Crippen LogP contribution < -0.4 is 11.1 Å². The Hall–Kier alpha value is -2.70. The van der Waals surface area contributed by atoms with E-state index in [1.807, 2.05) is 0 Å². The largest absolute Gasteiger partial charge is 0.388 e. The normalized spacial score (nSPS) is 18.8. The number of amides is 1. The van der Waals surface area contributed by atoms with Crippen LogP contribution in [0.15, 0.2) is 53.7 Å². The van der Waals surface area contributed by atoms with E-state index in [-0.39, 0.29) is 34.8 Å². The van der Waals surface area contributed by atoms with Crippen LogP contribution in [0.4, 0.5) is 10.8 Å². The zero-order valence-corrected chi connectivity index (χ0v) is 16.4. The Morgan fingerprint density at radius 1 is 1.24 bits per heavy atom. The van der Waals surface area contributed by atoms with Crippen LogP contribution in [0.5, 0.6) is 0 Å². The summed E-state index contributed by atoms with van der Waals surface area (Å²) >= 11 is 0.916. The summed E-state index contributed by atoms with van der Waals surface area (Å²) in [7, 11) is 0. The molecule has 1 atom stereocenters. The number of benzene rings is 2. The first-order valence-electron chi connectivity index (χ1n) is 14.7. The number of aliphatic hydroxyl groups excluding tert-OH is 1. The van der Waals surface area contributed by atoms with Crippen LogP contribution in [0.2, 0.25) is 0 Å². The number of nitrogens with two attached hydrogens (primary N) is 1. The Balaban J connectivity index is 1.81. The van der Waals surface area contributed by atoms with Crippen molar-refractivity contribution in [2.45, 2.75) is 45.0 Å². The number of hydrogen-bond donors (Lipinski definition) is 3. The summed E-state index contributed by atoms with van der Waals surface area (Å²) in [6.07, 6.45) is -7.78. The second-order valence-corrected chi connectivity index (χ2v) is 6.89. The maximum Gasteiger partial charge on any atom is 0.230 e. The Labute approximate surface area is 192 Å². The number of nitrogens with one attached hydrogen (secondary N) is 1. The Morgan fingerprint density at radius 3 is 2.62 bits per heavy atom. The van der Waals surface area contributed by atoms with Gasteiger partial charge in [-0.05, 0) is 49.4 Å². The smallest absolute Gasteiger partial charge is 0.230 e. The third-order valence-electron chi connectivity index (χ3n) is 3.66. The van der Waals surface area contributed by atoms with Crippen molar-refractivity contribution in [3.8, 4) is 0 Å². The molecule has 0 saturated heterocycles. The monoisotopic (exact) mass is 421 g/mol. The maximum atomic E-state index is 12.7. The van der Waals surface area contributed by atoms with E-state index in [9.17, 15) is 9.90 Å². The standard InChI is InChI=1S/C23H27N3O2S/c1-16-6-10-18(11-7-16)21(27)5-3-2-4-17-8-12-19(13-9-17)25-22(28)14-20-15-29-23(24)26-20/h6-13,15,21,27H,2-5,14H2,1H3,(H2,24,26)(H,25,28)/t21-/m0/s1/i5D2,6D,7D,8D,9D,10D,11D,12D,13D,14D2. The number of carbonyl (C=O) groups excluding carboxylic acids is 1. The van der Waals surface area contributed by atoms with Crippen LogP contribution in [0.25, 0.3) is 0 Å². The number of nitrogen functional groups attached to an aromatic ring is 1. The molecule has 2 aromatic carbocycles. The van der Waals surface area contributed by atoms with Gasteiger partial charge in [-0.15, -0.1) is 11.3 Å². The van der Waals surface area contributed by atoms with Crippen LogP contribution >= 0.6 is 11.3 Å². The van der Waals surface area contributed by atoms with E-state index >= 15 is 0 Å². The van der Waals surface area contributed by atoms with Gasteiger partial charge in [0.15, 0.2) is 5.13 Å². The van der Waals surface area contributed by atoms with Gasteiger partial charge < -0.3 is 16.2 Å². The van der Waals surface area contributed by atoms with Gasteiger partial charge >= 0.3 is 0 Å². The molecule has 3 aromatic rings. The van der Waals surface area contributed by atoms with E-state index < -0.39 is 90.8 Å². The molecule has 1 aromatic heterocycles. The zero-order valence-electron chi connectivity index (χ0n) is 27.6. The number of nitrogens with zero attached hydrogens (tertiary/aromatic N) is 1. The van der Waals surface area contributed by atoms with Gasteiger partial charge in [-0.2, -0.15) is 0 Å². The van der Waals surface area contributed by atoms with E-state index in [4.69, 9.17) is 22.2 Å². The van der Waals surface area contributed by atoms with Crippen molar-refractivity contribution in [2.75, 3.05) is 11.1 Å². The molecule has 0 saturated carbocycles. The Kier molecular flexibility index (Phi) is 3.64. The number of anilines is 2. The molecular weight excluding hydrogens is 382 g/mol. The summed E-state index contributed by atoms with van der Waals surface area (Å²) in [5.41, 5.74) is 4.15. The maximum absolute atomic E-state index is 12.7. The number of carbonyl (C=O) groups is 1. The minimum atomic E-state index is -2.68. The molecule has 0 fully saturated rings. The molecule has 152 valence electrons. The quantitative estimate of drug-likeness (QED) is 0.469. The lowest BCUT2D eigenvalue weighted by Crippen LogP contribution is -2.14. The highest BCUT2D eigenvalue weighted by Gasteiger charge is 2.08. The molecule has 0 radical (unpaired) electrons. The fraction of sp³-hybridized carbons (Fsp3) is 0.304. The first-order chi connectivity index (χ1) is 18.8. The predicted octanol–water partition coefficient (Wildman–Crippen LogP) is 4.66. The molecule has 4 N–H and O–H groups in total. The van der Waals surface area contributed by atoms with Gasteiger partial charge in [0.1, 0.15) is 0 Å². The molecule has 6 heteroatoms. The van der Waals surface area contributed by atoms with Crippen molar-refractivity contribution < 1.29 is 26.4 Å². The summed E-state index contributed by atoms with van der Waals surface area (Å²) in [6, 6.07) is -4.24. The third-order valence-corrected chi connectivity index (χ3v) is 4.34. The van der Waals surface area contributed by atoms with E-state index in [1.165, 1.54) is 12.3 Å². The van der Waals surface area contributed by atoms with Gasteiger partial charge in [0.05, 0.1) is 29.1 Å². The second-order valence-electron chi connectivity index (χ2n) is 6.00. The molecule has 29 heavy (non-hydrogen) atoms. The molecule has 0 aliphatic heterocycles. The summed E-state index contributed by atoms with van der Waals surface area (Å²) in [4.78, 5) is 16.4. The topological polar surface area (TPSA) is 88.2 Å². The molecule has 0 aliphatic carbocycles. The number of aromatic nitrogens is 1. The van der Waals surface area contributed by atoms with Crippen molar-refractivity contribution in [1.82, 2.24) is 4.98 Å². The minimum Gasteiger partial charge on any atom is -0.388 e. The van der Waals surface area contributed by atoms with Crippen LogP contribution in [-0.4, -0.2) is 16.0 Å². The van der Waals surface area contributed by atoms with E-state index in [0.717, 1.165) is 11.3 Å². The molecule has 0 bridgehead atoms. The molecule has 1 heterocycles. The van der Waals surface area contributed by atoms with Crippen molar-refractivity contribution in [3.05, 3.63) is 76.1 Å². The predicted molar refractivity (Wildman–Crippen MR) is 119 cm³/mol. The molecule has 3 rings (SSSR count). The highest BCUT2D eigenvalue weighted by Crippen LogP contribution is 2.21. The first kappa shape index (κ1) is 10.4. The van der Waals surface area contributed by atoms with Crippen LogP contribution in [0.3, 0.4) is 0 Å². The zero-order chi connectivity index (χ0) is 31.2. The summed E-state index contributed by atoms with van der Waals surface area (Å²) in [5.74, 6) is -1.27. The van der Waals surface area contributed by atoms with Gasteiger partial charge in [0.25, 0.3) is 0 Å². The third kappa shape index (κ3) is 6.69. The molecule has 0 unspecified atom stereocenters. The number of thiazole rings is 1. The van der Waals surface area contributed by atoms with E-state index in [2.05, 4.69) is 10.3 Å². The SMILES string of the molecule is [2H]c1c([2H])c([C@@H](O)C([2H])([2H])CCCc2c([2H])c([2H])c(NC(=O)C([2H])([2H])c3csc(N)n3)c([2H])c2[2H])c([2H])c([2H])c1C. The van der Waals surface area contributed by atoms with Crippen molar-refractivity contribution in [1.29, 1.82) is 0 Å². The molecular formula is C23H27N3O2S. The van der Waals surface area contributed by atoms with Crippen molar-refractivity contribution >= 4 is 28.1 Å². The van der Waals surface area contributed by atoms with Crippen LogP contribution in [0, 0.1) is 6.92 Å². The molecule has 0 spiro atoms. The number of rotatable bonds is 9. The van der Waals surface area contributed by atoms with Crippen LogP contribution in [-0.2, 0) is 17.6 Å². The summed E-state index contributed by atoms with van der Waals surface area (Å²) < 4.78 is 98.0. The Bertz CT molecular complexity index is 1450. The fourth-order valence-electron chi connectivity index (χ4n) is 2.26. The number of aliphatic hydroxyl groups is 1. The average molecular weight is 422 g/mol. The first-order valence-corrected chi connectivity index (χ1v) is 9.59. The van der Waals surface area contributed by atoms with E-state index in [0.29, 0.717) is 0 Å². The second kappa shape index (κ2) is 10.2. The molecule has 1 amide bonds. The fourth-order valence-corrected chi connectivity index (χ4v) is 2.75. The van der Waals surface area contributed by atoms with Gasteiger partial charge in [-0.1, -0.05) is 48.2 Å². The lowest BCUT2D eigenvalue weighted by Gasteiger charge is -2.11. The van der Waals surface area contributed by atoms with Gasteiger partial charge in [0, 0.05) is 16.6 Å². The molecule has 5 nitrogen and oxygen atoms in total. The highest BCUT2D eigenvalue weighted by atomic mass is 32.1. The summed E-state index contributed by atoms with van der Waals surface area (Å²) in [5, 5.41) is 14.1. The highest BCUT2D eigenvalue weighted by molar-refractivity contribution is 7.13. The van der Waals surface area contributed by atoms with Gasteiger partial charge in [0.2, 0.25) is 5.91 Å². The lowest BCUT2D eigenvalue weighted by atomic mass is 10.0. The van der Waals surface area contributed by atoms with Gasteiger partial charge in [-0.3, -0.25) is 4.79 Å². The Morgan fingerprint density at radius 2 is 1.97 bits per heavy atom. The van der Waals surface area contributed by atoms with Gasteiger partial charge in [-0.25, -0.2) is 4.98 Å². The van der Waals surface area contributed by atoms with Crippen LogP contribution in [0.1, 0.15) is 64.2 Å². The number of hydrogen-bond acceptors (Lipinski definition) is 5. The lowest BCUT2D eigenvalue weighted by molar-refractivity contribution is -0.115.